The average molecular weight is 306 g/mol. The van der Waals surface area contributed by atoms with Crippen LogP contribution in [0.25, 0.3) is 0 Å². The molecule has 0 aliphatic carbocycles. The molecule has 1 aliphatic rings. The van der Waals surface area contributed by atoms with Crippen molar-refractivity contribution in [3.8, 4) is 5.88 Å². The minimum absolute atomic E-state index is 0.0184. The van der Waals surface area contributed by atoms with E-state index in [0.717, 1.165) is 38.3 Å². The maximum absolute atomic E-state index is 12.2. The van der Waals surface area contributed by atoms with Crippen molar-refractivity contribution in [1.29, 1.82) is 0 Å². The van der Waals surface area contributed by atoms with Crippen molar-refractivity contribution in [3.05, 3.63) is 23.9 Å². The molecular formula is C16H26N4O2. The van der Waals surface area contributed by atoms with Gasteiger partial charge in [0.05, 0.1) is 6.10 Å². The van der Waals surface area contributed by atoms with E-state index in [1.165, 1.54) is 0 Å². The van der Waals surface area contributed by atoms with E-state index in [-0.39, 0.29) is 12.1 Å². The Kier molecular flexibility index (Phi) is 6.00. The molecule has 6 heteroatoms. The normalized spacial score (nSPS) is 15.9. The van der Waals surface area contributed by atoms with E-state index in [1.807, 2.05) is 30.9 Å². The van der Waals surface area contributed by atoms with Crippen molar-refractivity contribution >= 4 is 6.03 Å². The lowest BCUT2D eigenvalue weighted by atomic mass is 10.2. The number of rotatable bonds is 5. The molecule has 1 aromatic rings. The van der Waals surface area contributed by atoms with Crippen molar-refractivity contribution in [2.45, 2.75) is 33.4 Å². The lowest BCUT2D eigenvalue weighted by Gasteiger charge is -2.34. The van der Waals surface area contributed by atoms with Crippen LogP contribution in [-0.2, 0) is 6.54 Å². The van der Waals surface area contributed by atoms with Crippen LogP contribution in [0.4, 0.5) is 4.79 Å². The molecular weight excluding hydrogens is 280 g/mol. The third kappa shape index (κ3) is 4.59. The van der Waals surface area contributed by atoms with E-state index < -0.39 is 0 Å². The number of ether oxygens (including phenoxy) is 1. The van der Waals surface area contributed by atoms with Gasteiger partial charge < -0.3 is 19.9 Å². The fourth-order valence-corrected chi connectivity index (χ4v) is 2.44. The summed E-state index contributed by atoms with van der Waals surface area (Å²) in [4.78, 5) is 20.7. The molecule has 0 unspecified atom stereocenters. The van der Waals surface area contributed by atoms with Gasteiger partial charge in [-0.2, -0.15) is 0 Å². The van der Waals surface area contributed by atoms with E-state index >= 15 is 0 Å². The van der Waals surface area contributed by atoms with Gasteiger partial charge in [-0.05, 0) is 26.5 Å². The second-order valence-corrected chi connectivity index (χ2v) is 5.71. The molecule has 122 valence electrons. The average Bonchev–Trinajstić information content (AvgIpc) is 2.53. The van der Waals surface area contributed by atoms with Crippen LogP contribution < -0.4 is 10.1 Å². The number of amides is 2. The Labute approximate surface area is 132 Å². The second kappa shape index (κ2) is 7.98. The summed E-state index contributed by atoms with van der Waals surface area (Å²) in [5.41, 5.74) is 0.900. The number of carbonyl (C=O) groups excluding carboxylic acids is 1. The van der Waals surface area contributed by atoms with Crippen LogP contribution in [0.2, 0.25) is 0 Å². The number of urea groups is 1. The van der Waals surface area contributed by atoms with Gasteiger partial charge in [0.15, 0.2) is 0 Å². The topological polar surface area (TPSA) is 57.7 Å². The summed E-state index contributed by atoms with van der Waals surface area (Å²) in [5.74, 6) is 0.591. The van der Waals surface area contributed by atoms with Crippen molar-refractivity contribution in [2.24, 2.45) is 0 Å². The molecule has 22 heavy (non-hydrogen) atoms. The fourth-order valence-electron chi connectivity index (χ4n) is 2.44. The molecule has 2 amide bonds. The van der Waals surface area contributed by atoms with Gasteiger partial charge in [0, 0.05) is 44.5 Å². The maximum Gasteiger partial charge on any atom is 0.317 e. The minimum Gasteiger partial charge on any atom is -0.475 e. The van der Waals surface area contributed by atoms with Gasteiger partial charge in [-0.15, -0.1) is 0 Å². The summed E-state index contributed by atoms with van der Waals surface area (Å²) < 4.78 is 5.67. The molecule has 0 radical (unpaired) electrons. The highest BCUT2D eigenvalue weighted by Crippen LogP contribution is 2.15. The van der Waals surface area contributed by atoms with Gasteiger partial charge >= 0.3 is 6.03 Å². The van der Waals surface area contributed by atoms with E-state index in [9.17, 15) is 4.79 Å². The minimum atomic E-state index is -0.0184. The first-order valence-corrected chi connectivity index (χ1v) is 7.95. The van der Waals surface area contributed by atoms with E-state index in [2.05, 4.69) is 22.1 Å². The Hall–Kier alpha value is -1.82. The number of aromatic nitrogens is 1. The SMILES string of the molecule is CCN1CCN(C(=O)NCc2cccnc2OC(C)C)CC1. The Bertz CT molecular complexity index is 485. The predicted octanol–water partition coefficient (Wildman–Crippen LogP) is 1.72. The van der Waals surface area contributed by atoms with Crippen LogP contribution in [0.1, 0.15) is 26.3 Å². The Morgan fingerprint density at radius 2 is 2.09 bits per heavy atom. The van der Waals surface area contributed by atoms with Crippen LogP contribution in [-0.4, -0.2) is 59.6 Å². The second-order valence-electron chi connectivity index (χ2n) is 5.71. The van der Waals surface area contributed by atoms with Crippen molar-refractivity contribution in [3.63, 3.8) is 0 Å². The Morgan fingerprint density at radius 3 is 2.73 bits per heavy atom. The summed E-state index contributed by atoms with van der Waals surface area (Å²) in [5, 5.41) is 2.96. The van der Waals surface area contributed by atoms with Crippen LogP contribution >= 0.6 is 0 Å². The first-order valence-electron chi connectivity index (χ1n) is 7.95. The van der Waals surface area contributed by atoms with E-state index in [4.69, 9.17) is 4.74 Å². The summed E-state index contributed by atoms with van der Waals surface area (Å²) in [6.07, 6.45) is 1.76. The number of hydrogen-bond donors (Lipinski definition) is 1. The monoisotopic (exact) mass is 306 g/mol. The van der Waals surface area contributed by atoms with Gasteiger partial charge in [0.1, 0.15) is 0 Å². The Morgan fingerprint density at radius 1 is 1.36 bits per heavy atom. The molecule has 1 saturated heterocycles. The zero-order chi connectivity index (χ0) is 15.9. The van der Waals surface area contributed by atoms with Gasteiger partial charge in [0.25, 0.3) is 0 Å². The fraction of sp³-hybridized carbons (Fsp3) is 0.625. The number of likely N-dealkylation sites (N-methyl/N-ethyl adjacent to an activating group) is 1. The molecule has 6 nitrogen and oxygen atoms in total. The van der Waals surface area contributed by atoms with Crippen LogP contribution in [0.5, 0.6) is 5.88 Å². The number of piperazine rings is 1. The van der Waals surface area contributed by atoms with Crippen molar-refractivity contribution in [1.82, 2.24) is 20.1 Å². The molecule has 1 fully saturated rings. The number of nitrogens with zero attached hydrogens (tertiary/aromatic N) is 3. The van der Waals surface area contributed by atoms with Gasteiger partial charge in [0.2, 0.25) is 5.88 Å². The molecule has 2 rings (SSSR count). The predicted molar refractivity (Wildman–Crippen MR) is 85.9 cm³/mol. The van der Waals surface area contributed by atoms with Crippen LogP contribution in [0.15, 0.2) is 18.3 Å². The van der Waals surface area contributed by atoms with Gasteiger partial charge in [-0.3, -0.25) is 0 Å². The molecule has 0 bridgehead atoms. The molecule has 0 saturated carbocycles. The quantitative estimate of drug-likeness (QED) is 0.900. The lowest BCUT2D eigenvalue weighted by molar-refractivity contribution is 0.142. The third-order valence-electron chi connectivity index (χ3n) is 3.73. The summed E-state index contributed by atoms with van der Waals surface area (Å²) in [6.45, 7) is 11.0. The summed E-state index contributed by atoms with van der Waals surface area (Å²) in [7, 11) is 0. The Balaban J connectivity index is 1.86. The molecule has 0 aromatic carbocycles. The zero-order valence-corrected chi connectivity index (χ0v) is 13.7. The molecule has 1 aliphatic heterocycles. The summed E-state index contributed by atoms with van der Waals surface area (Å²) >= 11 is 0. The highest BCUT2D eigenvalue weighted by atomic mass is 16.5. The van der Waals surface area contributed by atoms with Crippen molar-refractivity contribution in [2.75, 3.05) is 32.7 Å². The number of hydrogen-bond acceptors (Lipinski definition) is 4. The van der Waals surface area contributed by atoms with Crippen LogP contribution in [0, 0.1) is 0 Å². The number of pyridine rings is 1. The summed E-state index contributed by atoms with van der Waals surface area (Å²) in [6, 6.07) is 3.77. The first-order chi connectivity index (χ1) is 10.6. The lowest BCUT2D eigenvalue weighted by Crippen LogP contribution is -2.51. The molecule has 1 N–H and O–H groups in total. The van der Waals surface area contributed by atoms with E-state index in [0.29, 0.717) is 12.4 Å². The maximum atomic E-state index is 12.2. The standard InChI is InChI=1S/C16H26N4O2/c1-4-19-8-10-20(11-9-19)16(21)18-12-14-6-5-7-17-15(14)22-13(2)3/h5-7,13H,4,8-12H2,1-3H3,(H,18,21). The molecule has 0 atom stereocenters. The molecule has 0 spiro atoms. The number of carbonyl (C=O) groups is 1. The highest BCUT2D eigenvalue weighted by Gasteiger charge is 2.20. The molecule has 2 heterocycles. The van der Waals surface area contributed by atoms with Gasteiger partial charge in [-0.1, -0.05) is 13.0 Å². The van der Waals surface area contributed by atoms with Gasteiger partial charge in [-0.25, -0.2) is 9.78 Å². The zero-order valence-electron chi connectivity index (χ0n) is 13.7. The number of nitrogens with one attached hydrogen (secondary N) is 1. The largest absolute Gasteiger partial charge is 0.475 e. The van der Waals surface area contributed by atoms with E-state index in [1.54, 1.807) is 6.20 Å². The third-order valence-corrected chi connectivity index (χ3v) is 3.73. The first kappa shape index (κ1) is 16.5. The van der Waals surface area contributed by atoms with Crippen LogP contribution in [0.3, 0.4) is 0 Å². The smallest absolute Gasteiger partial charge is 0.317 e. The highest BCUT2D eigenvalue weighted by molar-refractivity contribution is 5.74. The molecule has 1 aromatic heterocycles. The van der Waals surface area contributed by atoms with Crippen molar-refractivity contribution < 1.29 is 9.53 Å².